The van der Waals surface area contributed by atoms with E-state index in [0.29, 0.717) is 10.6 Å². The highest BCUT2D eigenvalue weighted by molar-refractivity contribution is 6.31. The number of para-hydroxylation sites is 1. The van der Waals surface area contributed by atoms with Gasteiger partial charge in [0.1, 0.15) is 5.75 Å². The van der Waals surface area contributed by atoms with Crippen LogP contribution < -0.4 is 0 Å². The summed E-state index contributed by atoms with van der Waals surface area (Å²) in [4.78, 5) is 4.89. The van der Waals surface area contributed by atoms with Gasteiger partial charge in [-0.1, -0.05) is 104 Å². The number of phenols is 1. The maximum absolute atomic E-state index is 10.8. The molecule has 0 saturated heterocycles. The van der Waals surface area contributed by atoms with Crippen LogP contribution in [0.5, 0.6) is 5.75 Å². The molecule has 0 atom stereocenters. The van der Waals surface area contributed by atoms with Crippen LogP contribution in [0.25, 0.3) is 22.3 Å². The van der Waals surface area contributed by atoms with E-state index in [0.717, 1.165) is 33.5 Å². The predicted molar refractivity (Wildman–Crippen MR) is 132 cm³/mol. The molecule has 3 heteroatoms. The standard InChI is InChI=1S/C28H24ClNO/c1-19(2)26-17-23(29)16-22(28(26)31)18-30-27-24(20-10-5-3-6-11-20)14-9-15-25(27)21-12-7-4-8-13-21/h3-19,31H,1-2H3. The van der Waals surface area contributed by atoms with Crippen molar-refractivity contribution in [2.45, 2.75) is 19.8 Å². The highest BCUT2D eigenvalue weighted by atomic mass is 35.5. The fourth-order valence-electron chi connectivity index (χ4n) is 3.70. The summed E-state index contributed by atoms with van der Waals surface area (Å²) in [5.74, 6) is 0.379. The number of aliphatic imine (C=N–C) groups is 1. The molecule has 2 nitrogen and oxygen atoms in total. The summed E-state index contributed by atoms with van der Waals surface area (Å²) in [7, 11) is 0. The Balaban J connectivity index is 1.90. The summed E-state index contributed by atoms with van der Waals surface area (Å²) in [6, 6.07) is 30.2. The Labute approximate surface area is 188 Å². The van der Waals surface area contributed by atoms with Crippen molar-refractivity contribution in [3.05, 3.63) is 107 Å². The highest BCUT2D eigenvalue weighted by Crippen LogP contribution is 2.39. The van der Waals surface area contributed by atoms with Gasteiger partial charge in [0.25, 0.3) is 0 Å². The van der Waals surface area contributed by atoms with E-state index >= 15 is 0 Å². The smallest absolute Gasteiger partial charge is 0.127 e. The molecule has 1 N–H and O–H groups in total. The molecule has 4 aromatic carbocycles. The summed E-state index contributed by atoms with van der Waals surface area (Å²) in [6.07, 6.45) is 1.71. The van der Waals surface area contributed by atoms with E-state index < -0.39 is 0 Å². The second-order valence-corrected chi connectivity index (χ2v) is 8.22. The van der Waals surface area contributed by atoms with Crippen molar-refractivity contribution >= 4 is 23.5 Å². The summed E-state index contributed by atoms with van der Waals surface area (Å²) in [5.41, 5.74) is 6.51. The van der Waals surface area contributed by atoms with Crippen molar-refractivity contribution in [3.8, 4) is 28.0 Å². The Bertz CT molecular complexity index is 1160. The van der Waals surface area contributed by atoms with Gasteiger partial charge in [-0.3, -0.25) is 4.99 Å². The van der Waals surface area contributed by atoms with Gasteiger partial charge in [-0.25, -0.2) is 0 Å². The number of aromatic hydroxyl groups is 1. The van der Waals surface area contributed by atoms with E-state index in [1.54, 1.807) is 12.3 Å². The zero-order valence-corrected chi connectivity index (χ0v) is 18.3. The van der Waals surface area contributed by atoms with Crippen LogP contribution in [0.1, 0.15) is 30.9 Å². The number of hydrogen-bond donors (Lipinski definition) is 1. The third-order valence-corrected chi connectivity index (χ3v) is 5.51. The Hall–Kier alpha value is -3.36. The number of nitrogens with zero attached hydrogens (tertiary/aromatic N) is 1. The average molecular weight is 426 g/mol. The molecule has 0 spiro atoms. The van der Waals surface area contributed by atoms with Gasteiger partial charge in [0.2, 0.25) is 0 Å². The van der Waals surface area contributed by atoms with Crippen molar-refractivity contribution in [3.63, 3.8) is 0 Å². The molecule has 0 amide bonds. The molecule has 4 rings (SSSR count). The molecule has 0 radical (unpaired) electrons. The summed E-state index contributed by atoms with van der Waals surface area (Å²) in [5, 5.41) is 11.4. The fraction of sp³-hybridized carbons (Fsp3) is 0.107. The summed E-state index contributed by atoms with van der Waals surface area (Å²) in [6.45, 7) is 4.06. The lowest BCUT2D eigenvalue weighted by Gasteiger charge is -2.13. The van der Waals surface area contributed by atoms with Gasteiger partial charge in [-0.15, -0.1) is 0 Å². The molecule has 0 aromatic heterocycles. The third-order valence-electron chi connectivity index (χ3n) is 5.29. The SMILES string of the molecule is CC(C)c1cc(Cl)cc(C=Nc2c(-c3ccccc3)cccc2-c2ccccc2)c1O. The quantitative estimate of drug-likeness (QED) is 0.320. The maximum atomic E-state index is 10.8. The first-order chi connectivity index (χ1) is 15.0. The van der Waals surface area contributed by atoms with E-state index in [1.807, 2.05) is 56.3 Å². The van der Waals surface area contributed by atoms with Gasteiger partial charge in [-0.2, -0.15) is 0 Å². The van der Waals surface area contributed by atoms with Crippen LogP contribution in [0.2, 0.25) is 5.02 Å². The molecule has 0 aliphatic heterocycles. The monoisotopic (exact) mass is 425 g/mol. The van der Waals surface area contributed by atoms with Crippen molar-refractivity contribution in [2.24, 2.45) is 4.99 Å². The topological polar surface area (TPSA) is 32.6 Å². The third kappa shape index (κ3) is 4.55. The lowest BCUT2D eigenvalue weighted by atomic mass is 9.96. The fourth-order valence-corrected chi connectivity index (χ4v) is 3.93. The largest absolute Gasteiger partial charge is 0.507 e. The Morgan fingerprint density at radius 1 is 0.774 bits per heavy atom. The van der Waals surface area contributed by atoms with Crippen molar-refractivity contribution in [1.82, 2.24) is 0 Å². The van der Waals surface area contributed by atoms with Crippen LogP contribution in [0, 0.1) is 0 Å². The molecular formula is C28H24ClNO. The molecule has 0 heterocycles. The van der Waals surface area contributed by atoms with E-state index in [1.165, 1.54) is 0 Å². The van der Waals surface area contributed by atoms with E-state index in [9.17, 15) is 5.11 Å². The van der Waals surface area contributed by atoms with Crippen LogP contribution in [-0.4, -0.2) is 11.3 Å². The number of hydrogen-bond acceptors (Lipinski definition) is 2. The van der Waals surface area contributed by atoms with E-state index in [-0.39, 0.29) is 11.7 Å². The summed E-state index contributed by atoms with van der Waals surface area (Å²) >= 11 is 6.33. The van der Waals surface area contributed by atoms with Gasteiger partial charge >= 0.3 is 0 Å². The highest BCUT2D eigenvalue weighted by Gasteiger charge is 2.14. The van der Waals surface area contributed by atoms with Crippen LogP contribution in [-0.2, 0) is 0 Å². The van der Waals surface area contributed by atoms with Crippen molar-refractivity contribution in [1.29, 1.82) is 0 Å². The zero-order valence-electron chi connectivity index (χ0n) is 17.6. The van der Waals surface area contributed by atoms with Crippen molar-refractivity contribution < 1.29 is 5.11 Å². The number of halogens is 1. The van der Waals surface area contributed by atoms with Crippen LogP contribution in [0.4, 0.5) is 5.69 Å². The minimum atomic E-state index is 0.155. The van der Waals surface area contributed by atoms with Gasteiger partial charge < -0.3 is 5.11 Å². The van der Waals surface area contributed by atoms with Crippen LogP contribution in [0.15, 0.2) is 96.0 Å². The molecule has 0 bridgehead atoms. The lowest BCUT2D eigenvalue weighted by Crippen LogP contribution is -1.93. The van der Waals surface area contributed by atoms with Gasteiger partial charge in [0.05, 0.1) is 5.69 Å². The Kier molecular flexibility index (Phi) is 6.20. The second kappa shape index (κ2) is 9.20. The van der Waals surface area contributed by atoms with Crippen LogP contribution >= 0.6 is 11.6 Å². The number of rotatable bonds is 5. The number of benzene rings is 4. The molecule has 4 aromatic rings. The average Bonchev–Trinajstić information content (AvgIpc) is 2.80. The normalized spacial score (nSPS) is 11.4. The first-order valence-electron chi connectivity index (χ1n) is 10.3. The Morgan fingerprint density at radius 3 is 1.84 bits per heavy atom. The van der Waals surface area contributed by atoms with Crippen LogP contribution in [0.3, 0.4) is 0 Å². The van der Waals surface area contributed by atoms with Gasteiger partial charge in [0, 0.05) is 27.9 Å². The first-order valence-corrected chi connectivity index (χ1v) is 10.7. The molecule has 0 fully saturated rings. The molecule has 31 heavy (non-hydrogen) atoms. The second-order valence-electron chi connectivity index (χ2n) is 7.78. The summed E-state index contributed by atoms with van der Waals surface area (Å²) < 4.78 is 0. The van der Waals surface area contributed by atoms with E-state index in [2.05, 4.69) is 42.5 Å². The minimum Gasteiger partial charge on any atom is -0.507 e. The predicted octanol–water partition coefficient (Wildman–Crippen LogP) is 8.25. The lowest BCUT2D eigenvalue weighted by molar-refractivity contribution is 0.464. The first kappa shape index (κ1) is 20.9. The van der Waals surface area contributed by atoms with E-state index in [4.69, 9.17) is 16.6 Å². The maximum Gasteiger partial charge on any atom is 0.127 e. The molecule has 0 unspecified atom stereocenters. The molecule has 0 aliphatic carbocycles. The zero-order chi connectivity index (χ0) is 21.8. The van der Waals surface area contributed by atoms with Crippen molar-refractivity contribution in [2.75, 3.05) is 0 Å². The van der Waals surface area contributed by atoms with Gasteiger partial charge in [-0.05, 0) is 34.7 Å². The molecule has 0 saturated carbocycles. The number of phenolic OH excluding ortho intramolecular Hbond substituents is 1. The Morgan fingerprint density at radius 2 is 1.32 bits per heavy atom. The molecule has 154 valence electrons. The van der Waals surface area contributed by atoms with Gasteiger partial charge in [0.15, 0.2) is 0 Å². The molecular weight excluding hydrogens is 402 g/mol. The molecule has 0 aliphatic rings. The minimum absolute atomic E-state index is 0.155.